The van der Waals surface area contributed by atoms with Crippen molar-refractivity contribution < 1.29 is 9.90 Å². The minimum absolute atomic E-state index is 0.0946. The van der Waals surface area contributed by atoms with Crippen LogP contribution in [0.5, 0.6) is 0 Å². The quantitative estimate of drug-likeness (QED) is 0.792. The topological polar surface area (TPSA) is 94.1 Å². The highest BCUT2D eigenvalue weighted by molar-refractivity contribution is 5.90. The zero-order chi connectivity index (χ0) is 17.2. The number of amides is 1. The third-order valence-electron chi connectivity index (χ3n) is 5.57. The Morgan fingerprint density at radius 2 is 2.12 bits per heavy atom. The van der Waals surface area contributed by atoms with Gasteiger partial charge in [0.15, 0.2) is 0 Å². The highest BCUT2D eigenvalue weighted by atomic mass is 16.4. The molecular formula is C18H25N5O2. The van der Waals surface area contributed by atoms with Crippen molar-refractivity contribution in [3.63, 3.8) is 0 Å². The summed E-state index contributed by atoms with van der Waals surface area (Å²) in [6.07, 6.45) is 11.0. The highest BCUT2D eigenvalue weighted by Gasteiger charge is 2.25. The molecule has 0 radical (unpaired) electrons. The van der Waals surface area contributed by atoms with E-state index in [1.54, 1.807) is 6.33 Å². The molecule has 134 valence electrons. The van der Waals surface area contributed by atoms with Crippen molar-refractivity contribution >= 4 is 22.9 Å². The SMILES string of the molecule is O=C(O)N1CCCC(Nc2ncnc3[nH]cc(CC4CCCC4)c23)C1. The van der Waals surface area contributed by atoms with Crippen molar-refractivity contribution in [1.29, 1.82) is 0 Å². The van der Waals surface area contributed by atoms with Gasteiger partial charge in [-0.1, -0.05) is 25.7 Å². The molecule has 0 spiro atoms. The summed E-state index contributed by atoms with van der Waals surface area (Å²) < 4.78 is 0. The number of rotatable bonds is 4. The average molecular weight is 343 g/mol. The summed E-state index contributed by atoms with van der Waals surface area (Å²) in [6.45, 7) is 1.12. The van der Waals surface area contributed by atoms with Crippen molar-refractivity contribution in [2.24, 2.45) is 5.92 Å². The van der Waals surface area contributed by atoms with E-state index in [9.17, 15) is 9.90 Å². The number of nitrogens with zero attached hydrogens (tertiary/aromatic N) is 3. The predicted molar refractivity (Wildman–Crippen MR) is 95.8 cm³/mol. The number of hydrogen-bond donors (Lipinski definition) is 3. The molecule has 1 unspecified atom stereocenters. The van der Waals surface area contributed by atoms with E-state index in [4.69, 9.17) is 0 Å². The zero-order valence-electron chi connectivity index (χ0n) is 14.4. The third kappa shape index (κ3) is 3.41. The molecule has 1 atom stereocenters. The van der Waals surface area contributed by atoms with Gasteiger partial charge in [0, 0.05) is 25.3 Å². The average Bonchev–Trinajstić information content (AvgIpc) is 3.26. The van der Waals surface area contributed by atoms with Crippen LogP contribution in [-0.2, 0) is 6.42 Å². The van der Waals surface area contributed by atoms with E-state index in [1.807, 2.05) is 0 Å². The fourth-order valence-corrected chi connectivity index (χ4v) is 4.28. The Bertz CT molecular complexity index is 753. The molecule has 2 aromatic heterocycles. The number of piperidine rings is 1. The van der Waals surface area contributed by atoms with Crippen LogP contribution in [0.25, 0.3) is 11.0 Å². The lowest BCUT2D eigenvalue weighted by molar-refractivity contribution is 0.133. The molecule has 2 aromatic rings. The van der Waals surface area contributed by atoms with Crippen LogP contribution in [0, 0.1) is 5.92 Å². The van der Waals surface area contributed by atoms with Crippen LogP contribution < -0.4 is 5.32 Å². The van der Waals surface area contributed by atoms with Crippen molar-refractivity contribution in [3.05, 3.63) is 18.1 Å². The molecule has 1 aliphatic heterocycles. The van der Waals surface area contributed by atoms with Gasteiger partial charge in [0.25, 0.3) is 0 Å². The summed E-state index contributed by atoms with van der Waals surface area (Å²) in [5.41, 5.74) is 2.13. The smallest absolute Gasteiger partial charge is 0.407 e. The normalized spacial score (nSPS) is 21.8. The maximum Gasteiger partial charge on any atom is 0.407 e. The second kappa shape index (κ2) is 6.90. The lowest BCUT2D eigenvalue weighted by Crippen LogP contribution is -2.44. The Morgan fingerprint density at radius 3 is 2.92 bits per heavy atom. The molecule has 7 nitrogen and oxygen atoms in total. The number of H-pyrrole nitrogens is 1. The number of likely N-dealkylation sites (tertiary alicyclic amines) is 1. The Kier molecular flexibility index (Phi) is 4.46. The third-order valence-corrected chi connectivity index (χ3v) is 5.57. The lowest BCUT2D eigenvalue weighted by Gasteiger charge is -2.31. The molecule has 25 heavy (non-hydrogen) atoms. The fraction of sp³-hybridized carbons (Fsp3) is 0.611. The number of carboxylic acid groups (broad SMARTS) is 1. The highest BCUT2D eigenvalue weighted by Crippen LogP contribution is 2.32. The maximum atomic E-state index is 11.2. The molecule has 2 aliphatic rings. The summed E-state index contributed by atoms with van der Waals surface area (Å²) in [6, 6.07) is 0.0946. The van der Waals surface area contributed by atoms with Crippen LogP contribution >= 0.6 is 0 Å². The number of nitrogens with one attached hydrogen (secondary N) is 2. The standard InChI is InChI=1S/C18H25N5O2/c24-18(25)23-7-3-6-14(10-23)22-17-15-13(8-12-4-1-2-5-12)9-19-16(15)20-11-21-17/h9,11-12,14H,1-8,10H2,(H,24,25)(H2,19,20,21,22). The van der Waals surface area contributed by atoms with E-state index in [-0.39, 0.29) is 6.04 Å². The van der Waals surface area contributed by atoms with Crippen LogP contribution in [0.15, 0.2) is 12.5 Å². The largest absolute Gasteiger partial charge is 0.465 e. The molecule has 7 heteroatoms. The first-order valence-corrected chi connectivity index (χ1v) is 9.26. The number of anilines is 1. The molecule has 3 heterocycles. The molecule has 0 aromatic carbocycles. The number of hydrogen-bond acceptors (Lipinski definition) is 4. The lowest BCUT2D eigenvalue weighted by atomic mass is 9.98. The van der Waals surface area contributed by atoms with Crippen LogP contribution in [0.1, 0.15) is 44.1 Å². The fourth-order valence-electron chi connectivity index (χ4n) is 4.28. The van der Waals surface area contributed by atoms with E-state index in [2.05, 4.69) is 26.5 Å². The minimum atomic E-state index is -0.845. The van der Waals surface area contributed by atoms with Crippen molar-refractivity contribution in [3.8, 4) is 0 Å². The number of aromatic amines is 1. The first-order valence-electron chi connectivity index (χ1n) is 9.26. The van der Waals surface area contributed by atoms with Gasteiger partial charge in [0.05, 0.1) is 5.39 Å². The van der Waals surface area contributed by atoms with Gasteiger partial charge in [-0.3, -0.25) is 0 Å². The number of aromatic nitrogens is 3. The number of fused-ring (bicyclic) bond motifs is 1. The van der Waals surface area contributed by atoms with Crippen LogP contribution in [0.4, 0.5) is 10.6 Å². The van der Waals surface area contributed by atoms with Gasteiger partial charge < -0.3 is 20.3 Å². The Morgan fingerprint density at radius 1 is 1.28 bits per heavy atom. The van der Waals surface area contributed by atoms with E-state index < -0.39 is 6.09 Å². The van der Waals surface area contributed by atoms with Crippen molar-refractivity contribution in [2.75, 3.05) is 18.4 Å². The first-order chi connectivity index (χ1) is 12.2. The maximum absolute atomic E-state index is 11.2. The molecule has 1 saturated carbocycles. The molecule has 4 rings (SSSR count). The van der Waals surface area contributed by atoms with Gasteiger partial charge in [-0.25, -0.2) is 14.8 Å². The Balaban J connectivity index is 1.56. The van der Waals surface area contributed by atoms with Gasteiger partial charge >= 0.3 is 6.09 Å². The second-order valence-corrected chi connectivity index (χ2v) is 7.33. The van der Waals surface area contributed by atoms with Gasteiger partial charge in [-0.2, -0.15) is 0 Å². The van der Waals surface area contributed by atoms with Crippen LogP contribution in [-0.4, -0.2) is 50.2 Å². The molecule has 1 amide bonds. The van der Waals surface area contributed by atoms with Gasteiger partial charge in [-0.05, 0) is 30.7 Å². The molecular weight excluding hydrogens is 318 g/mol. The number of carbonyl (C=O) groups is 1. The minimum Gasteiger partial charge on any atom is -0.465 e. The van der Waals surface area contributed by atoms with Gasteiger partial charge in [0.2, 0.25) is 0 Å². The van der Waals surface area contributed by atoms with Gasteiger partial charge in [-0.15, -0.1) is 0 Å². The van der Waals surface area contributed by atoms with Crippen molar-refractivity contribution in [2.45, 2.75) is 51.0 Å². The monoisotopic (exact) mass is 343 g/mol. The van der Waals surface area contributed by atoms with E-state index in [0.717, 1.165) is 42.0 Å². The van der Waals surface area contributed by atoms with Crippen molar-refractivity contribution in [1.82, 2.24) is 19.9 Å². The first kappa shape index (κ1) is 16.2. The zero-order valence-corrected chi connectivity index (χ0v) is 14.4. The predicted octanol–water partition coefficient (Wildman–Crippen LogP) is 3.24. The summed E-state index contributed by atoms with van der Waals surface area (Å²) in [5, 5.41) is 13.8. The molecule has 1 aliphatic carbocycles. The van der Waals surface area contributed by atoms with E-state index in [0.29, 0.717) is 13.1 Å². The molecule has 2 fully saturated rings. The summed E-state index contributed by atoms with van der Waals surface area (Å²) >= 11 is 0. The Hall–Kier alpha value is -2.31. The van der Waals surface area contributed by atoms with Crippen LogP contribution in [0.3, 0.4) is 0 Å². The summed E-state index contributed by atoms with van der Waals surface area (Å²) in [4.78, 5) is 24.8. The summed E-state index contributed by atoms with van der Waals surface area (Å²) in [7, 11) is 0. The second-order valence-electron chi connectivity index (χ2n) is 7.33. The molecule has 0 bridgehead atoms. The van der Waals surface area contributed by atoms with Crippen LogP contribution in [0.2, 0.25) is 0 Å². The van der Waals surface area contributed by atoms with E-state index in [1.165, 1.54) is 36.1 Å². The summed E-state index contributed by atoms with van der Waals surface area (Å²) in [5.74, 6) is 1.58. The van der Waals surface area contributed by atoms with Gasteiger partial charge in [0.1, 0.15) is 17.8 Å². The molecule has 1 saturated heterocycles. The van der Waals surface area contributed by atoms with E-state index >= 15 is 0 Å². The molecule has 3 N–H and O–H groups in total. The Labute approximate surface area is 146 Å².